The second-order valence-electron chi connectivity index (χ2n) is 4.36. The molecule has 1 fully saturated rings. The quantitative estimate of drug-likeness (QED) is 0.832. The van der Waals surface area contributed by atoms with Crippen LogP contribution in [0.1, 0.15) is 18.4 Å². The van der Waals surface area contributed by atoms with Crippen molar-refractivity contribution in [3.8, 4) is 0 Å². The molecule has 0 aliphatic carbocycles. The molecule has 1 atom stereocenters. The van der Waals surface area contributed by atoms with Crippen molar-refractivity contribution in [3.63, 3.8) is 0 Å². The van der Waals surface area contributed by atoms with Crippen LogP contribution in [0.4, 0.5) is 5.69 Å². The van der Waals surface area contributed by atoms with Gasteiger partial charge < -0.3 is 15.4 Å². The maximum Gasteiger partial charge on any atom is 0.106 e. The van der Waals surface area contributed by atoms with Crippen LogP contribution in [0.3, 0.4) is 0 Å². The number of likely N-dealkylation sites (N-methyl/N-ethyl adjacent to an activating group) is 1. The molecule has 1 saturated heterocycles. The van der Waals surface area contributed by atoms with E-state index in [1.807, 2.05) is 18.2 Å². The average Bonchev–Trinajstić information content (AvgIpc) is 2.39. The molecule has 2 N–H and O–H groups in total. The first-order valence-corrected chi connectivity index (χ1v) is 6.30. The number of nitrogens with zero attached hydrogens (tertiary/aromatic N) is 1. The minimum Gasteiger partial charge on any atom is -0.389 e. The average molecular weight is 250 g/mol. The molecule has 0 bridgehead atoms. The van der Waals surface area contributed by atoms with Gasteiger partial charge in [-0.05, 0) is 25.0 Å². The van der Waals surface area contributed by atoms with Crippen LogP contribution in [0.15, 0.2) is 24.3 Å². The summed E-state index contributed by atoms with van der Waals surface area (Å²) in [6.45, 7) is 1.66. The molecule has 1 heterocycles. The van der Waals surface area contributed by atoms with Crippen molar-refractivity contribution < 1.29 is 4.74 Å². The fourth-order valence-corrected chi connectivity index (χ4v) is 2.39. The number of hydrogen-bond donors (Lipinski definition) is 1. The Bertz CT molecular complexity index is 402. The first kappa shape index (κ1) is 12.3. The Hall–Kier alpha value is -1.13. The van der Waals surface area contributed by atoms with Gasteiger partial charge in [0.15, 0.2) is 0 Å². The summed E-state index contributed by atoms with van der Waals surface area (Å²) in [5.74, 6) is 0. The van der Waals surface area contributed by atoms with E-state index in [1.54, 1.807) is 0 Å². The molecule has 0 amide bonds. The Morgan fingerprint density at radius 1 is 1.47 bits per heavy atom. The summed E-state index contributed by atoms with van der Waals surface area (Å²) in [6, 6.07) is 8.42. The highest BCUT2D eigenvalue weighted by atomic mass is 32.1. The topological polar surface area (TPSA) is 38.5 Å². The van der Waals surface area contributed by atoms with Gasteiger partial charge in [0, 0.05) is 24.9 Å². The maximum atomic E-state index is 5.76. The van der Waals surface area contributed by atoms with Crippen LogP contribution in [0, 0.1) is 0 Å². The zero-order chi connectivity index (χ0) is 12.3. The normalized spacial score (nSPS) is 19.9. The van der Waals surface area contributed by atoms with Crippen molar-refractivity contribution in [1.82, 2.24) is 0 Å². The number of hydrogen-bond acceptors (Lipinski definition) is 3. The molecule has 4 heteroatoms. The molecule has 1 unspecified atom stereocenters. The summed E-state index contributed by atoms with van der Waals surface area (Å²) in [5, 5.41) is 0. The lowest BCUT2D eigenvalue weighted by Crippen LogP contribution is -2.39. The molecule has 3 nitrogen and oxygen atoms in total. The van der Waals surface area contributed by atoms with Crippen molar-refractivity contribution in [2.75, 3.05) is 25.2 Å². The number of benzene rings is 1. The summed E-state index contributed by atoms with van der Waals surface area (Å²) in [5.41, 5.74) is 7.79. The summed E-state index contributed by atoms with van der Waals surface area (Å²) < 4.78 is 5.52. The maximum absolute atomic E-state index is 5.76. The van der Waals surface area contributed by atoms with Gasteiger partial charge in [-0.2, -0.15) is 0 Å². The molecular formula is C13H18N2OS. The molecule has 92 valence electrons. The highest BCUT2D eigenvalue weighted by molar-refractivity contribution is 7.80. The van der Waals surface area contributed by atoms with Crippen molar-refractivity contribution >= 4 is 22.9 Å². The number of anilines is 1. The molecule has 17 heavy (non-hydrogen) atoms. The molecule has 0 saturated carbocycles. The monoisotopic (exact) mass is 250 g/mol. The van der Waals surface area contributed by atoms with Crippen LogP contribution in [0.25, 0.3) is 0 Å². The Balaban J connectivity index is 2.23. The SMILES string of the molecule is CN(c1ccccc1C(N)=S)C1CCCOC1. The van der Waals surface area contributed by atoms with Crippen LogP contribution < -0.4 is 10.6 Å². The summed E-state index contributed by atoms with van der Waals surface area (Å²) in [4.78, 5) is 2.68. The number of ether oxygens (including phenoxy) is 1. The lowest BCUT2D eigenvalue weighted by atomic mass is 10.1. The Morgan fingerprint density at radius 3 is 2.88 bits per heavy atom. The summed E-state index contributed by atoms with van der Waals surface area (Å²) >= 11 is 5.09. The third kappa shape index (κ3) is 2.76. The van der Waals surface area contributed by atoms with Gasteiger partial charge in [-0.15, -0.1) is 0 Å². The Labute approximate surface area is 108 Å². The van der Waals surface area contributed by atoms with Crippen molar-refractivity contribution in [2.24, 2.45) is 5.73 Å². The summed E-state index contributed by atoms with van der Waals surface area (Å²) in [6.07, 6.45) is 2.27. The van der Waals surface area contributed by atoms with E-state index in [0.717, 1.165) is 37.3 Å². The smallest absolute Gasteiger partial charge is 0.106 e. The van der Waals surface area contributed by atoms with Gasteiger partial charge in [-0.3, -0.25) is 0 Å². The molecule has 0 spiro atoms. The van der Waals surface area contributed by atoms with E-state index in [1.165, 1.54) is 0 Å². The van der Waals surface area contributed by atoms with Crippen LogP contribution in [0.2, 0.25) is 0 Å². The number of para-hydroxylation sites is 1. The van der Waals surface area contributed by atoms with Crippen LogP contribution in [-0.4, -0.2) is 31.3 Å². The standard InChI is InChI=1S/C13H18N2OS/c1-15(10-5-4-8-16-9-10)12-7-3-2-6-11(12)13(14)17/h2-3,6-7,10H,4-5,8-9H2,1H3,(H2,14,17). The van der Waals surface area contributed by atoms with Gasteiger partial charge >= 0.3 is 0 Å². The Kier molecular flexibility index (Phi) is 3.97. The molecule has 1 aromatic rings. The van der Waals surface area contributed by atoms with E-state index in [4.69, 9.17) is 22.7 Å². The van der Waals surface area contributed by atoms with E-state index in [2.05, 4.69) is 18.0 Å². The third-order valence-corrected chi connectivity index (χ3v) is 3.45. The largest absolute Gasteiger partial charge is 0.389 e. The van der Waals surface area contributed by atoms with Gasteiger partial charge in [-0.25, -0.2) is 0 Å². The van der Waals surface area contributed by atoms with Crippen molar-refractivity contribution in [3.05, 3.63) is 29.8 Å². The molecule has 1 aliphatic heterocycles. The zero-order valence-electron chi connectivity index (χ0n) is 10.1. The molecule has 0 radical (unpaired) electrons. The van der Waals surface area contributed by atoms with E-state index < -0.39 is 0 Å². The zero-order valence-corrected chi connectivity index (χ0v) is 10.9. The second-order valence-corrected chi connectivity index (χ2v) is 4.80. The minimum absolute atomic E-state index is 0.416. The van der Waals surface area contributed by atoms with Crippen molar-refractivity contribution in [2.45, 2.75) is 18.9 Å². The number of rotatable bonds is 3. The number of thiocarbonyl (C=S) groups is 1. The van der Waals surface area contributed by atoms with E-state index in [0.29, 0.717) is 11.0 Å². The predicted molar refractivity (Wildman–Crippen MR) is 74.6 cm³/mol. The fraction of sp³-hybridized carbons (Fsp3) is 0.462. The molecule has 2 rings (SSSR count). The summed E-state index contributed by atoms with van der Waals surface area (Å²) in [7, 11) is 2.08. The van der Waals surface area contributed by atoms with Gasteiger partial charge in [0.25, 0.3) is 0 Å². The molecule has 1 aromatic carbocycles. The van der Waals surface area contributed by atoms with Crippen LogP contribution in [-0.2, 0) is 4.74 Å². The van der Waals surface area contributed by atoms with Crippen molar-refractivity contribution in [1.29, 1.82) is 0 Å². The van der Waals surface area contributed by atoms with E-state index >= 15 is 0 Å². The highest BCUT2D eigenvalue weighted by Gasteiger charge is 2.20. The van der Waals surface area contributed by atoms with Crippen LogP contribution in [0.5, 0.6) is 0 Å². The lowest BCUT2D eigenvalue weighted by Gasteiger charge is -2.33. The second kappa shape index (κ2) is 5.47. The molecular weight excluding hydrogens is 232 g/mol. The third-order valence-electron chi connectivity index (χ3n) is 3.23. The van der Waals surface area contributed by atoms with Gasteiger partial charge in [-0.1, -0.05) is 24.4 Å². The van der Waals surface area contributed by atoms with Crippen LogP contribution >= 0.6 is 12.2 Å². The molecule has 0 aromatic heterocycles. The predicted octanol–water partition coefficient (Wildman–Crippen LogP) is 1.94. The minimum atomic E-state index is 0.416. The van der Waals surface area contributed by atoms with Gasteiger partial charge in [0.1, 0.15) is 4.99 Å². The first-order chi connectivity index (χ1) is 8.20. The van der Waals surface area contributed by atoms with Gasteiger partial charge in [0.2, 0.25) is 0 Å². The van der Waals surface area contributed by atoms with Gasteiger partial charge in [0.05, 0.1) is 12.6 Å². The van der Waals surface area contributed by atoms with E-state index in [9.17, 15) is 0 Å². The first-order valence-electron chi connectivity index (χ1n) is 5.89. The lowest BCUT2D eigenvalue weighted by molar-refractivity contribution is 0.0807. The number of nitrogens with two attached hydrogens (primary N) is 1. The Morgan fingerprint density at radius 2 is 2.24 bits per heavy atom. The molecule has 1 aliphatic rings. The van der Waals surface area contributed by atoms with E-state index in [-0.39, 0.29) is 0 Å². The highest BCUT2D eigenvalue weighted by Crippen LogP contribution is 2.24. The fourth-order valence-electron chi connectivity index (χ4n) is 2.22.